The topological polar surface area (TPSA) is 252 Å². The number of amides is 1. The molecular formula is C27H22N2O14S3. The quantitative estimate of drug-likeness (QED) is 0.0610. The summed E-state index contributed by atoms with van der Waals surface area (Å²) in [4.78, 5) is 10.0. The fraction of sp³-hybridized carbons (Fsp3) is 0.111. The molecule has 19 heteroatoms. The average molecular weight is 695 g/mol. The molecule has 0 spiro atoms. The first-order valence-corrected chi connectivity index (χ1v) is 16.9. The minimum absolute atomic E-state index is 0.0499. The molecule has 0 saturated heterocycles. The number of carbonyl (C=O) groups excluding carboxylic acids is 1. The number of nitrogens with one attached hydrogen (secondary N) is 1. The van der Waals surface area contributed by atoms with Crippen LogP contribution in [0.2, 0.25) is 0 Å². The number of ether oxygens (including phenoxy) is 3. The van der Waals surface area contributed by atoms with E-state index in [4.69, 9.17) is 14.2 Å². The van der Waals surface area contributed by atoms with Gasteiger partial charge in [-0.05, 0) is 24.3 Å². The van der Waals surface area contributed by atoms with Gasteiger partial charge in [0.15, 0.2) is 18.1 Å². The van der Waals surface area contributed by atoms with Crippen LogP contribution >= 0.6 is 0 Å². The number of nitrogens with zero attached hydrogens (tertiary/aromatic N) is 1. The van der Waals surface area contributed by atoms with Crippen molar-refractivity contribution in [1.29, 1.82) is 0 Å². The molecule has 16 nitrogen and oxygen atoms in total. The van der Waals surface area contributed by atoms with Gasteiger partial charge in [-0.2, -0.15) is 30.4 Å². The van der Waals surface area contributed by atoms with Gasteiger partial charge in [0.05, 0.1) is 20.4 Å². The standard InChI is InChI=1S/C27H22N2O14S3/c1-41-19-7-13(8-20(42-2)27(19)31)11-28-29-24(30)12-43-18-9-21(44(32,33)34)15-5-6-17-23(46(38,39)40)10-22(45(35,36)37)16-4-3-14(18)25(15)26(16)17/h3-11,31H,12H2,1-2H3,(H,29,30)(H,32,33,34)(H,35,36,37)(H,38,39,40)/b28-11-. The van der Waals surface area contributed by atoms with Gasteiger partial charge in [-0.3, -0.25) is 18.5 Å². The van der Waals surface area contributed by atoms with Crippen LogP contribution in [-0.2, 0) is 35.1 Å². The van der Waals surface area contributed by atoms with Gasteiger partial charge in [-0.1, -0.05) is 18.2 Å². The minimum atomic E-state index is -5.09. The lowest BCUT2D eigenvalue weighted by Gasteiger charge is -2.18. The molecule has 0 saturated carbocycles. The van der Waals surface area contributed by atoms with Gasteiger partial charge < -0.3 is 19.3 Å². The molecule has 5 aromatic carbocycles. The number of hydrazone groups is 1. The molecule has 0 fully saturated rings. The number of hydrogen-bond donors (Lipinski definition) is 5. The van der Waals surface area contributed by atoms with E-state index in [0.29, 0.717) is 11.6 Å². The lowest BCUT2D eigenvalue weighted by molar-refractivity contribution is -0.123. The molecule has 5 rings (SSSR count). The molecular weight excluding hydrogens is 672 g/mol. The van der Waals surface area contributed by atoms with Gasteiger partial charge in [0.1, 0.15) is 20.4 Å². The fourth-order valence-electron chi connectivity index (χ4n) is 4.97. The molecule has 0 bridgehead atoms. The summed E-state index contributed by atoms with van der Waals surface area (Å²) in [5.74, 6) is -1.23. The summed E-state index contributed by atoms with van der Waals surface area (Å²) in [5.41, 5.74) is 2.55. The Morgan fingerprint density at radius 3 is 1.61 bits per heavy atom. The zero-order chi connectivity index (χ0) is 33.8. The van der Waals surface area contributed by atoms with Crippen molar-refractivity contribution in [2.45, 2.75) is 14.7 Å². The molecule has 0 heterocycles. The van der Waals surface area contributed by atoms with E-state index in [9.17, 15) is 48.8 Å². The number of phenols is 1. The maximum Gasteiger partial charge on any atom is 0.295 e. The monoisotopic (exact) mass is 694 g/mol. The summed E-state index contributed by atoms with van der Waals surface area (Å²) in [6, 6.07) is 8.98. The number of phenolic OH excluding ortho intramolecular Hbond substituents is 1. The number of methoxy groups -OCH3 is 2. The van der Waals surface area contributed by atoms with E-state index in [1.54, 1.807) is 0 Å². The number of aromatic hydroxyl groups is 1. The smallest absolute Gasteiger partial charge is 0.295 e. The van der Waals surface area contributed by atoms with E-state index >= 15 is 0 Å². The molecule has 0 aliphatic carbocycles. The molecule has 242 valence electrons. The molecule has 0 atom stereocenters. The van der Waals surface area contributed by atoms with Crippen molar-refractivity contribution in [3.05, 3.63) is 54.1 Å². The lowest BCUT2D eigenvalue weighted by atomic mass is 9.93. The molecule has 0 unspecified atom stereocenters. The Morgan fingerprint density at radius 1 is 0.717 bits per heavy atom. The molecule has 0 aliphatic heterocycles. The van der Waals surface area contributed by atoms with E-state index in [-0.39, 0.29) is 55.3 Å². The van der Waals surface area contributed by atoms with Crippen LogP contribution in [0.1, 0.15) is 5.56 Å². The van der Waals surface area contributed by atoms with Crippen LogP contribution in [-0.4, -0.2) is 77.0 Å². The molecule has 1 amide bonds. The second-order valence-electron chi connectivity index (χ2n) is 9.60. The Kier molecular flexibility index (Phi) is 8.17. The second kappa shape index (κ2) is 11.5. The van der Waals surface area contributed by atoms with E-state index in [1.807, 2.05) is 0 Å². The molecule has 5 N–H and O–H groups in total. The molecule has 0 radical (unpaired) electrons. The molecule has 0 aliphatic rings. The summed E-state index contributed by atoms with van der Waals surface area (Å²) >= 11 is 0. The van der Waals surface area contributed by atoms with Gasteiger partial charge in [0, 0.05) is 43.9 Å². The Balaban J connectivity index is 1.59. The van der Waals surface area contributed by atoms with Crippen LogP contribution in [0.4, 0.5) is 0 Å². The third-order valence-corrected chi connectivity index (χ3v) is 9.53. The van der Waals surface area contributed by atoms with Crippen molar-refractivity contribution >= 4 is 74.8 Å². The van der Waals surface area contributed by atoms with Crippen molar-refractivity contribution in [2.24, 2.45) is 5.10 Å². The first-order valence-electron chi connectivity index (χ1n) is 12.6. The highest BCUT2D eigenvalue weighted by Crippen LogP contribution is 2.45. The van der Waals surface area contributed by atoms with Crippen LogP contribution in [0.25, 0.3) is 32.3 Å². The van der Waals surface area contributed by atoms with Gasteiger partial charge in [-0.25, -0.2) is 5.43 Å². The van der Waals surface area contributed by atoms with Crippen LogP contribution < -0.4 is 19.6 Å². The van der Waals surface area contributed by atoms with Crippen molar-refractivity contribution in [1.82, 2.24) is 5.43 Å². The predicted octanol–water partition coefficient (Wildman–Crippen LogP) is 2.58. The maximum absolute atomic E-state index is 12.6. The van der Waals surface area contributed by atoms with Crippen molar-refractivity contribution in [2.75, 3.05) is 20.8 Å². The summed E-state index contributed by atoms with van der Waals surface area (Å²) in [7, 11) is -12.5. The third-order valence-electron chi connectivity index (χ3n) is 6.84. The summed E-state index contributed by atoms with van der Waals surface area (Å²) < 4.78 is 119. The highest BCUT2D eigenvalue weighted by molar-refractivity contribution is 7.87. The number of rotatable bonds is 10. The van der Waals surface area contributed by atoms with Crippen LogP contribution in [0.5, 0.6) is 23.0 Å². The first kappa shape index (κ1) is 32.6. The zero-order valence-corrected chi connectivity index (χ0v) is 25.9. The van der Waals surface area contributed by atoms with E-state index < -0.39 is 57.6 Å². The Bertz CT molecular complexity index is 2350. The lowest BCUT2D eigenvalue weighted by Crippen LogP contribution is -2.24. The zero-order valence-electron chi connectivity index (χ0n) is 23.4. The second-order valence-corrected chi connectivity index (χ2v) is 13.8. The predicted molar refractivity (Wildman–Crippen MR) is 162 cm³/mol. The van der Waals surface area contributed by atoms with Crippen LogP contribution in [0.3, 0.4) is 0 Å². The summed E-state index contributed by atoms with van der Waals surface area (Å²) in [6.45, 7) is -0.763. The van der Waals surface area contributed by atoms with Crippen molar-refractivity contribution in [3.8, 4) is 23.0 Å². The van der Waals surface area contributed by atoms with Crippen LogP contribution in [0, 0.1) is 0 Å². The Hall–Kier alpha value is -4.79. The summed E-state index contributed by atoms with van der Waals surface area (Å²) in [5, 5.41) is 12.9. The van der Waals surface area contributed by atoms with E-state index in [2.05, 4.69) is 10.5 Å². The molecule has 0 aromatic heterocycles. The van der Waals surface area contributed by atoms with Gasteiger partial charge in [0.25, 0.3) is 36.3 Å². The summed E-state index contributed by atoms with van der Waals surface area (Å²) in [6.07, 6.45) is 1.20. The van der Waals surface area contributed by atoms with Gasteiger partial charge in [-0.15, -0.1) is 0 Å². The maximum atomic E-state index is 12.6. The number of benzene rings is 5. The largest absolute Gasteiger partial charge is 0.502 e. The Morgan fingerprint density at radius 2 is 1.15 bits per heavy atom. The third kappa shape index (κ3) is 5.94. The first-order chi connectivity index (χ1) is 21.5. The molecule has 46 heavy (non-hydrogen) atoms. The van der Waals surface area contributed by atoms with Crippen molar-refractivity contribution < 1.29 is 63.0 Å². The van der Waals surface area contributed by atoms with Crippen LogP contribution in [0.15, 0.2) is 68.3 Å². The SMILES string of the molecule is COc1cc(/C=N\NC(=O)COc2cc(S(=O)(=O)O)c3ccc4c(S(=O)(=O)O)cc(S(=O)(=O)O)c5ccc2c3c54)cc(OC)c1O. The van der Waals surface area contributed by atoms with E-state index in [1.165, 1.54) is 44.7 Å². The molecule has 5 aromatic rings. The fourth-order valence-corrected chi connectivity index (χ4v) is 7.18. The van der Waals surface area contributed by atoms with Gasteiger partial charge in [0.2, 0.25) is 5.75 Å². The number of carbonyl (C=O) groups is 1. The Labute approximate surface area is 260 Å². The minimum Gasteiger partial charge on any atom is -0.502 e. The normalized spacial score (nSPS) is 12.7. The van der Waals surface area contributed by atoms with Gasteiger partial charge >= 0.3 is 0 Å². The van der Waals surface area contributed by atoms with Crippen molar-refractivity contribution in [3.63, 3.8) is 0 Å². The highest BCUT2D eigenvalue weighted by atomic mass is 32.2. The van der Waals surface area contributed by atoms with E-state index in [0.717, 1.165) is 18.2 Å². The number of hydrogen-bond acceptors (Lipinski definition) is 12. The highest BCUT2D eigenvalue weighted by Gasteiger charge is 2.28. The average Bonchev–Trinajstić information content (AvgIpc) is 2.97.